The summed E-state index contributed by atoms with van der Waals surface area (Å²) in [5.74, 6) is -2.92. The number of carbonyl (C=O) groups excluding carboxylic acids is 1. The molecule has 7 nitrogen and oxygen atoms in total. The zero-order valence-corrected chi connectivity index (χ0v) is 15.0. The predicted octanol–water partition coefficient (Wildman–Crippen LogP) is 1.40. The first-order valence-corrected chi connectivity index (χ1v) is 8.59. The van der Waals surface area contributed by atoms with Gasteiger partial charge in [-0.3, -0.25) is 4.79 Å². The molecule has 0 aliphatic carbocycles. The van der Waals surface area contributed by atoms with Crippen LogP contribution in [-0.2, 0) is 16.0 Å². The topological polar surface area (TPSA) is 107 Å². The molecule has 1 heterocycles. The van der Waals surface area contributed by atoms with Crippen molar-refractivity contribution in [2.24, 2.45) is 5.92 Å². The van der Waals surface area contributed by atoms with Crippen LogP contribution in [-0.4, -0.2) is 59.1 Å². The summed E-state index contributed by atoms with van der Waals surface area (Å²) in [6, 6.07) is 6.68. The number of benzene rings is 1. The number of aliphatic carboxylic acids is 2. The van der Waals surface area contributed by atoms with Crippen LogP contribution in [0.25, 0.3) is 0 Å². The normalized spacial score (nSPS) is 15.6. The van der Waals surface area contributed by atoms with Crippen molar-refractivity contribution in [3.8, 4) is 0 Å². The standard InChI is InChI=1S/C19H24N2O5/c1-12(2)16(19(25)26)15(18(23)24)11-13-3-5-14(6-4-13)17(22)21-9-7-20-8-10-21/h3-6,12,20H,7-11H2,1-2H3,(H,23,24)(H,25,26). The molecule has 0 aromatic heterocycles. The summed E-state index contributed by atoms with van der Waals surface area (Å²) in [6.07, 6.45) is -0.00273. The Morgan fingerprint density at radius 1 is 1.04 bits per heavy atom. The van der Waals surface area contributed by atoms with Crippen LogP contribution in [0.4, 0.5) is 0 Å². The molecular weight excluding hydrogens is 336 g/mol. The van der Waals surface area contributed by atoms with Gasteiger partial charge in [-0.15, -0.1) is 0 Å². The molecule has 26 heavy (non-hydrogen) atoms. The molecule has 0 spiro atoms. The number of rotatable bonds is 6. The van der Waals surface area contributed by atoms with Gasteiger partial charge in [0.05, 0.1) is 11.1 Å². The fraction of sp³-hybridized carbons (Fsp3) is 0.421. The second-order valence-corrected chi connectivity index (χ2v) is 6.57. The average molecular weight is 360 g/mol. The van der Waals surface area contributed by atoms with Crippen LogP contribution >= 0.6 is 0 Å². The van der Waals surface area contributed by atoms with Crippen molar-refractivity contribution >= 4 is 17.8 Å². The van der Waals surface area contributed by atoms with Gasteiger partial charge >= 0.3 is 11.9 Å². The van der Waals surface area contributed by atoms with Gasteiger partial charge in [0.25, 0.3) is 5.91 Å². The molecule has 1 saturated heterocycles. The van der Waals surface area contributed by atoms with E-state index in [1.54, 1.807) is 43.0 Å². The number of hydrogen-bond donors (Lipinski definition) is 3. The Morgan fingerprint density at radius 3 is 2.08 bits per heavy atom. The van der Waals surface area contributed by atoms with Crippen molar-refractivity contribution in [1.82, 2.24) is 10.2 Å². The first-order valence-electron chi connectivity index (χ1n) is 8.59. The Morgan fingerprint density at radius 2 is 1.62 bits per heavy atom. The van der Waals surface area contributed by atoms with Crippen LogP contribution in [0.1, 0.15) is 29.8 Å². The Labute approximate surface area is 152 Å². The van der Waals surface area contributed by atoms with Gasteiger partial charge in [0.1, 0.15) is 0 Å². The van der Waals surface area contributed by atoms with Crippen molar-refractivity contribution in [3.05, 3.63) is 46.5 Å². The second-order valence-electron chi connectivity index (χ2n) is 6.57. The summed E-state index contributed by atoms with van der Waals surface area (Å²) >= 11 is 0. The lowest BCUT2D eigenvalue weighted by atomic mass is 9.92. The molecule has 2 rings (SSSR count). The molecule has 1 aromatic carbocycles. The SMILES string of the molecule is CC(C)C(C(=O)O)=C(Cc1ccc(C(=O)N2CCNCC2)cc1)C(=O)O. The van der Waals surface area contributed by atoms with E-state index >= 15 is 0 Å². The van der Waals surface area contributed by atoms with Crippen LogP contribution in [0.15, 0.2) is 35.4 Å². The third kappa shape index (κ3) is 4.70. The summed E-state index contributed by atoms with van der Waals surface area (Å²) < 4.78 is 0. The summed E-state index contributed by atoms with van der Waals surface area (Å²) in [5.41, 5.74) is 0.963. The van der Waals surface area contributed by atoms with Crippen LogP contribution in [0.2, 0.25) is 0 Å². The quantitative estimate of drug-likeness (QED) is 0.662. The zero-order valence-electron chi connectivity index (χ0n) is 15.0. The molecule has 1 fully saturated rings. The monoisotopic (exact) mass is 360 g/mol. The Bertz CT molecular complexity index is 716. The minimum absolute atomic E-state index is 0.00273. The molecule has 0 unspecified atom stereocenters. The van der Waals surface area contributed by atoms with Crippen LogP contribution in [0.3, 0.4) is 0 Å². The van der Waals surface area contributed by atoms with Crippen molar-refractivity contribution in [2.45, 2.75) is 20.3 Å². The van der Waals surface area contributed by atoms with E-state index in [4.69, 9.17) is 0 Å². The van der Waals surface area contributed by atoms with E-state index in [0.717, 1.165) is 13.1 Å². The van der Waals surface area contributed by atoms with E-state index in [-0.39, 0.29) is 23.5 Å². The molecule has 1 aromatic rings. The number of piperazine rings is 1. The highest BCUT2D eigenvalue weighted by molar-refractivity contribution is 5.99. The van der Waals surface area contributed by atoms with Gasteiger partial charge in [0.15, 0.2) is 0 Å². The molecule has 0 saturated carbocycles. The second kappa shape index (κ2) is 8.62. The highest BCUT2D eigenvalue weighted by atomic mass is 16.4. The minimum atomic E-state index is -1.24. The summed E-state index contributed by atoms with van der Waals surface area (Å²) in [4.78, 5) is 37.2. The fourth-order valence-corrected chi connectivity index (χ4v) is 3.03. The molecule has 1 aliphatic rings. The van der Waals surface area contributed by atoms with Crippen molar-refractivity contribution in [2.75, 3.05) is 26.2 Å². The molecule has 0 bridgehead atoms. The first kappa shape index (κ1) is 19.7. The maximum atomic E-state index is 12.4. The fourth-order valence-electron chi connectivity index (χ4n) is 3.03. The van der Waals surface area contributed by atoms with Crippen LogP contribution < -0.4 is 5.32 Å². The molecular formula is C19H24N2O5. The molecule has 1 aliphatic heterocycles. The first-order chi connectivity index (χ1) is 12.3. The van der Waals surface area contributed by atoms with Crippen LogP contribution in [0, 0.1) is 5.92 Å². The van der Waals surface area contributed by atoms with Gasteiger partial charge in [0.2, 0.25) is 0 Å². The molecule has 7 heteroatoms. The van der Waals surface area contributed by atoms with E-state index in [2.05, 4.69) is 5.32 Å². The Kier molecular flexibility index (Phi) is 6.52. The van der Waals surface area contributed by atoms with Gasteiger partial charge in [-0.05, 0) is 23.6 Å². The van der Waals surface area contributed by atoms with E-state index < -0.39 is 17.9 Å². The highest BCUT2D eigenvalue weighted by Gasteiger charge is 2.23. The summed E-state index contributed by atoms with van der Waals surface area (Å²) in [7, 11) is 0. The number of carboxylic acids is 2. The van der Waals surface area contributed by atoms with E-state index in [1.165, 1.54) is 0 Å². The minimum Gasteiger partial charge on any atom is -0.478 e. The van der Waals surface area contributed by atoms with Gasteiger partial charge in [0, 0.05) is 38.2 Å². The third-order valence-electron chi connectivity index (χ3n) is 4.38. The lowest BCUT2D eigenvalue weighted by Crippen LogP contribution is -2.46. The smallest absolute Gasteiger partial charge is 0.332 e. The van der Waals surface area contributed by atoms with Crippen LogP contribution in [0.5, 0.6) is 0 Å². The maximum absolute atomic E-state index is 12.4. The average Bonchev–Trinajstić information content (AvgIpc) is 2.61. The summed E-state index contributed by atoms with van der Waals surface area (Å²) in [5, 5.41) is 21.9. The van der Waals surface area contributed by atoms with Gasteiger partial charge in [-0.1, -0.05) is 26.0 Å². The highest BCUT2D eigenvalue weighted by Crippen LogP contribution is 2.20. The van der Waals surface area contributed by atoms with Crippen molar-refractivity contribution in [1.29, 1.82) is 0 Å². The lowest BCUT2D eigenvalue weighted by Gasteiger charge is -2.27. The van der Waals surface area contributed by atoms with Gasteiger partial charge in [-0.2, -0.15) is 0 Å². The maximum Gasteiger partial charge on any atom is 0.332 e. The van der Waals surface area contributed by atoms with E-state index in [1.807, 2.05) is 0 Å². The summed E-state index contributed by atoms with van der Waals surface area (Å²) in [6.45, 7) is 6.16. The number of carbonyl (C=O) groups is 3. The van der Waals surface area contributed by atoms with Gasteiger partial charge in [-0.25, -0.2) is 9.59 Å². The lowest BCUT2D eigenvalue weighted by molar-refractivity contribution is -0.136. The van der Waals surface area contributed by atoms with E-state index in [9.17, 15) is 24.6 Å². The third-order valence-corrected chi connectivity index (χ3v) is 4.38. The number of amides is 1. The van der Waals surface area contributed by atoms with Crippen molar-refractivity contribution in [3.63, 3.8) is 0 Å². The van der Waals surface area contributed by atoms with E-state index in [0.29, 0.717) is 24.2 Å². The largest absolute Gasteiger partial charge is 0.478 e. The molecule has 0 radical (unpaired) electrons. The molecule has 140 valence electrons. The Hall–Kier alpha value is -2.67. The number of nitrogens with zero attached hydrogens (tertiary/aromatic N) is 1. The number of nitrogens with one attached hydrogen (secondary N) is 1. The Balaban J connectivity index is 2.21. The zero-order chi connectivity index (χ0) is 19.3. The number of carboxylic acid groups (broad SMARTS) is 2. The van der Waals surface area contributed by atoms with Crippen molar-refractivity contribution < 1.29 is 24.6 Å². The van der Waals surface area contributed by atoms with Gasteiger partial charge < -0.3 is 20.4 Å². The molecule has 3 N–H and O–H groups in total. The number of hydrogen-bond acceptors (Lipinski definition) is 4. The molecule has 0 atom stereocenters. The predicted molar refractivity (Wildman–Crippen MR) is 96.1 cm³/mol. The molecule has 1 amide bonds.